The number of amides is 2. The molecule has 0 aliphatic heterocycles. The molecule has 3 aromatic carbocycles. The lowest BCUT2D eigenvalue weighted by Crippen LogP contribution is -2.39. The molecule has 1 heterocycles. The summed E-state index contributed by atoms with van der Waals surface area (Å²) in [6.45, 7) is 0.819. The zero-order valence-electron chi connectivity index (χ0n) is 18.0. The molecule has 0 fully saturated rings. The van der Waals surface area contributed by atoms with Crippen LogP contribution in [0.4, 0.5) is 4.79 Å². The average molecular weight is 446 g/mol. The Bertz CT molecular complexity index is 1210. The molecule has 5 nitrogen and oxygen atoms in total. The van der Waals surface area contributed by atoms with Crippen molar-refractivity contribution in [3.63, 3.8) is 0 Å². The highest BCUT2D eigenvalue weighted by molar-refractivity contribution is 7.84. The van der Waals surface area contributed by atoms with Gasteiger partial charge in [-0.2, -0.15) is 0 Å². The van der Waals surface area contributed by atoms with E-state index in [0.29, 0.717) is 18.8 Å². The number of urea groups is 1. The van der Waals surface area contributed by atoms with Crippen LogP contribution in [0.3, 0.4) is 0 Å². The lowest BCUT2D eigenvalue weighted by atomic mass is 9.87. The van der Waals surface area contributed by atoms with Crippen molar-refractivity contribution in [3.05, 3.63) is 96.1 Å². The predicted octanol–water partition coefficient (Wildman–Crippen LogP) is 4.64. The van der Waals surface area contributed by atoms with Crippen LogP contribution in [0.25, 0.3) is 22.2 Å². The number of hydrogen-bond donors (Lipinski definition) is 3. The fourth-order valence-corrected chi connectivity index (χ4v) is 4.39. The molecule has 2 atom stereocenters. The van der Waals surface area contributed by atoms with Crippen molar-refractivity contribution in [2.75, 3.05) is 25.1 Å². The lowest BCUT2D eigenvalue weighted by Gasteiger charge is -2.20. The molecule has 32 heavy (non-hydrogen) atoms. The van der Waals surface area contributed by atoms with E-state index in [1.807, 2.05) is 48.5 Å². The van der Waals surface area contributed by atoms with E-state index < -0.39 is 10.8 Å². The second-order valence-electron chi connectivity index (χ2n) is 7.70. The molecule has 4 rings (SSSR count). The number of rotatable bonds is 8. The van der Waals surface area contributed by atoms with Crippen molar-refractivity contribution in [2.45, 2.75) is 5.92 Å². The van der Waals surface area contributed by atoms with Crippen LogP contribution in [0.5, 0.6) is 0 Å². The highest BCUT2D eigenvalue weighted by atomic mass is 32.2. The largest absolute Gasteiger partial charge is 0.354 e. The third-order valence-corrected chi connectivity index (χ3v) is 6.28. The summed E-state index contributed by atoms with van der Waals surface area (Å²) in [6, 6.07) is 28.5. The summed E-state index contributed by atoms with van der Waals surface area (Å²) in [5, 5.41) is 6.96. The molecule has 6 heteroatoms. The van der Waals surface area contributed by atoms with Gasteiger partial charge in [-0.15, -0.1) is 0 Å². The molecule has 2 amide bonds. The fraction of sp³-hybridized carbons (Fsp3) is 0.192. The molecule has 0 aliphatic rings. The normalized spacial score (nSPS) is 12.9. The van der Waals surface area contributed by atoms with E-state index in [2.05, 4.69) is 52.0 Å². The number of nitrogens with one attached hydrogen (secondary N) is 3. The van der Waals surface area contributed by atoms with Gasteiger partial charge in [0.15, 0.2) is 0 Å². The SMILES string of the molecule is CS(=O)CCNC(=O)NCC(c1ccccc1)c1c(-c2ccccc2)[nH]c2ccccc12. The molecule has 0 aliphatic carbocycles. The smallest absolute Gasteiger partial charge is 0.314 e. The second-order valence-corrected chi connectivity index (χ2v) is 9.26. The zero-order valence-corrected chi connectivity index (χ0v) is 18.8. The van der Waals surface area contributed by atoms with Crippen LogP contribution in [0.15, 0.2) is 84.9 Å². The van der Waals surface area contributed by atoms with Crippen molar-refractivity contribution in [1.82, 2.24) is 15.6 Å². The van der Waals surface area contributed by atoms with E-state index in [4.69, 9.17) is 0 Å². The molecule has 3 N–H and O–H groups in total. The minimum absolute atomic E-state index is 0.0476. The van der Waals surface area contributed by atoms with Gasteiger partial charge in [-0.25, -0.2) is 4.79 Å². The predicted molar refractivity (Wildman–Crippen MR) is 132 cm³/mol. The fourth-order valence-electron chi connectivity index (χ4n) is 4.00. The molecule has 4 aromatic rings. The maximum Gasteiger partial charge on any atom is 0.314 e. The number of fused-ring (bicyclic) bond motifs is 1. The topological polar surface area (TPSA) is 74.0 Å². The standard InChI is InChI=1S/C26H27N3O2S/c1-32(31)17-16-27-26(30)28-18-22(19-10-4-2-5-11-19)24-21-14-8-9-15-23(21)29-25(24)20-12-6-3-7-13-20/h2-15,22,29H,16-18H2,1H3,(H2,27,28,30). The summed E-state index contributed by atoms with van der Waals surface area (Å²) < 4.78 is 11.3. The van der Waals surface area contributed by atoms with Gasteiger partial charge in [0.25, 0.3) is 0 Å². The van der Waals surface area contributed by atoms with Crippen LogP contribution in [0.2, 0.25) is 0 Å². The molecule has 1 aromatic heterocycles. The molecule has 0 saturated carbocycles. The van der Waals surface area contributed by atoms with Crippen LogP contribution in [0.1, 0.15) is 17.0 Å². The Kier molecular flexibility index (Phi) is 7.02. The highest BCUT2D eigenvalue weighted by Gasteiger charge is 2.23. The monoisotopic (exact) mass is 445 g/mol. The second kappa shape index (κ2) is 10.3. The Morgan fingerprint density at radius 1 is 0.906 bits per heavy atom. The number of aromatic amines is 1. The summed E-state index contributed by atoms with van der Waals surface area (Å²) in [7, 11) is -0.935. The van der Waals surface area contributed by atoms with Gasteiger partial charge in [0.05, 0.1) is 5.69 Å². The molecule has 0 radical (unpaired) electrons. The van der Waals surface area contributed by atoms with E-state index >= 15 is 0 Å². The zero-order chi connectivity index (χ0) is 22.3. The quantitative estimate of drug-likeness (QED) is 0.369. The molecule has 0 spiro atoms. The minimum Gasteiger partial charge on any atom is -0.354 e. The van der Waals surface area contributed by atoms with Gasteiger partial charge in [0, 0.05) is 52.7 Å². The highest BCUT2D eigenvalue weighted by Crippen LogP contribution is 2.38. The minimum atomic E-state index is -0.935. The van der Waals surface area contributed by atoms with Gasteiger partial charge in [0.1, 0.15) is 0 Å². The van der Waals surface area contributed by atoms with Crippen molar-refractivity contribution < 1.29 is 9.00 Å². The maximum absolute atomic E-state index is 12.4. The van der Waals surface area contributed by atoms with Gasteiger partial charge >= 0.3 is 6.03 Å². The molecular weight excluding hydrogens is 418 g/mol. The Labute approximate surface area is 190 Å². The van der Waals surface area contributed by atoms with E-state index in [1.165, 1.54) is 0 Å². The first-order valence-corrected chi connectivity index (χ1v) is 12.4. The Balaban J connectivity index is 1.72. The van der Waals surface area contributed by atoms with E-state index in [9.17, 15) is 9.00 Å². The third-order valence-electron chi connectivity index (χ3n) is 5.50. The first kappa shape index (κ1) is 21.8. The molecule has 2 unspecified atom stereocenters. The van der Waals surface area contributed by atoms with Gasteiger partial charge in [0.2, 0.25) is 0 Å². The summed E-state index contributed by atoms with van der Waals surface area (Å²) in [5.74, 6) is 0.393. The third kappa shape index (κ3) is 5.08. The number of hydrogen-bond acceptors (Lipinski definition) is 2. The lowest BCUT2D eigenvalue weighted by molar-refractivity contribution is 0.241. The first-order valence-electron chi connectivity index (χ1n) is 10.7. The molecule has 0 saturated heterocycles. The number of para-hydroxylation sites is 1. The Morgan fingerprint density at radius 2 is 1.56 bits per heavy atom. The number of benzene rings is 3. The van der Waals surface area contributed by atoms with Crippen LogP contribution < -0.4 is 10.6 Å². The van der Waals surface area contributed by atoms with E-state index in [-0.39, 0.29) is 11.9 Å². The van der Waals surface area contributed by atoms with E-state index in [0.717, 1.165) is 33.3 Å². The van der Waals surface area contributed by atoms with Gasteiger partial charge in [-0.1, -0.05) is 78.9 Å². The van der Waals surface area contributed by atoms with Crippen molar-refractivity contribution in [2.24, 2.45) is 0 Å². The van der Waals surface area contributed by atoms with Gasteiger partial charge in [-0.05, 0) is 22.8 Å². The molecule has 0 bridgehead atoms. The van der Waals surface area contributed by atoms with Crippen LogP contribution in [0, 0.1) is 0 Å². The van der Waals surface area contributed by atoms with E-state index in [1.54, 1.807) is 6.26 Å². The van der Waals surface area contributed by atoms with Gasteiger partial charge in [-0.3, -0.25) is 4.21 Å². The van der Waals surface area contributed by atoms with Crippen LogP contribution in [-0.2, 0) is 10.8 Å². The summed E-state index contributed by atoms with van der Waals surface area (Å²) in [6.07, 6.45) is 1.63. The van der Waals surface area contributed by atoms with Crippen molar-refractivity contribution in [1.29, 1.82) is 0 Å². The molecular formula is C26H27N3O2S. The summed E-state index contributed by atoms with van der Waals surface area (Å²) in [5.41, 5.74) is 5.52. The van der Waals surface area contributed by atoms with Crippen LogP contribution >= 0.6 is 0 Å². The maximum atomic E-state index is 12.4. The van der Waals surface area contributed by atoms with Crippen molar-refractivity contribution >= 4 is 27.7 Å². The Morgan fingerprint density at radius 3 is 2.28 bits per heavy atom. The molecule has 164 valence electrons. The van der Waals surface area contributed by atoms with Crippen LogP contribution in [-0.4, -0.2) is 40.3 Å². The number of carbonyl (C=O) groups excluding carboxylic acids is 1. The first-order chi connectivity index (χ1) is 15.6. The summed E-state index contributed by atoms with van der Waals surface area (Å²) >= 11 is 0. The number of carbonyl (C=O) groups is 1. The summed E-state index contributed by atoms with van der Waals surface area (Å²) in [4.78, 5) is 16.0. The Hall–Kier alpha value is -3.38. The number of H-pyrrole nitrogens is 1. The average Bonchev–Trinajstić information content (AvgIpc) is 3.20. The van der Waals surface area contributed by atoms with Crippen molar-refractivity contribution in [3.8, 4) is 11.3 Å². The van der Waals surface area contributed by atoms with Gasteiger partial charge < -0.3 is 15.6 Å². The number of aromatic nitrogens is 1.